The first-order chi connectivity index (χ1) is 21.6. The molecule has 1 aliphatic carbocycles. The van der Waals surface area contributed by atoms with Crippen LogP contribution in [0.15, 0.2) is 49.6 Å². The van der Waals surface area contributed by atoms with Gasteiger partial charge in [-0.1, -0.05) is 61.2 Å². The van der Waals surface area contributed by atoms with Crippen LogP contribution < -0.4 is 9.64 Å². The Balaban J connectivity index is 1.57. The predicted octanol–water partition coefficient (Wildman–Crippen LogP) is 4.72. The fourth-order valence-electron chi connectivity index (χ4n) is 8.23. The number of amides is 3. The summed E-state index contributed by atoms with van der Waals surface area (Å²) in [6, 6.07) is 5.77. The molecule has 7 atom stereocenters. The van der Waals surface area contributed by atoms with Crippen LogP contribution in [0.3, 0.4) is 0 Å². The third-order valence-electron chi connectivity index (χ3n) is 10.2. The van der Waals surface area contributed by atoms with E-state index in [0.29, 0.717) is 31.0 Å². The molecule has 3 aliphatic heterocycles. The molecule has 1 saturated carbocycles. The number of ether oxygens (including phenoxy) is 2. The molecule has 3 heterocycles. The molecule has 5 rings (SSSR count). The number of hydrogen-bond acceptors (Lipinski definition) is 6. The molecule has 1 aromatic carbocycles. The number of aliphatic hydroxyl groups excluding tert-OH is 1. The molecular formula is C35H48BrN3O6. The molecule has 0 aromatic heterocycles. The van der Waals surface area contributed by atoms with Crippen molar-refractivity contribution in [3.63, 3.8) is 0 Å². The van der Waals surface area contributed by atoms with E-state index in [1.165, 1.54) is 0 Å². The molecule has 2 bridgehead atoms. The summed E-state index contributed by atoms with van der Waals surface area (Å²) in [5.41, 5.74) is -0.548. The third kappa shape index (κ3) is 5.87. The lowest BCUT2D eigenvalue weighted by Crippen LogP contribution is -2.61. The summed E-state index contributed by atoms with van der Waals surface area (Å²) in [5, 5.41) is 10.6. The Morgan fingerprint density at radius 1 is 1.13 bits per heavy atom. The Morgan fingerprint density at radius 2 is 1.80 bits per heavy atom. The van der Waals surface area contributed by atoms with Gasteiger partial charge in [0.25, 0.3) is 0 Å². The van der Waals surface area contributed by atoms with Crippen LogP contribution in [0.5, 0.6) is 5.75 Å². The number of fused-ring (bicyclic) bond motifs is 1. The average Bonchev–Trinajstić information content (AvgIpc) is 3.63. The minimum Gasteiger partial charge on any atom is -0.494 e. The van der Waals surface area contributed by atoms with E-state index in [9.17, 15) is 19.5 Å². The normalized spacial score (nSPS) is 29.9. The Kier molecular flexibility index (Phi) is 10.5. The summed E-state index contributed by atoms with van der Waals surface area (Å²) in [6.07, 6.45) is 8.25. The number of rotatable bonds is 13. The molecular weight excluding hydrogens is 638 g/mol. The Hall–Kier alpha value is -2.69. The maximum Gasteiger partial charge on any atom is 0.248 e. The molecule has 3 amide bonds. The van der Waals surface area contributed by atoms with Gasteiger partial charge in [-0.05, 0) is 56.4 Å². The molecule has 9 nitrogen and oxygen atoms in total. The summed E-state index contributed by atoms with van der Waals surface area (Å²) in [6.45, 7) is 14.5. The maximum atomic E-state index is 14.9. The van der Waals surface area contributed by atoms with E-state index < -0.39 is 35.6 Å². The van der Waals surface area contributed by atoms with Crippen LogP contribution in [-0.2, 0) is 19.1 Å². The van der Waals surface area contributed by atoms with Crippen molar-refractivity contribution >= 4 is 39.3 Å². The number of benzene rings is 1. The van der Waals surface area contributed by atoms with E-state index in [4.69, 9.17) is 9.47 Å². The van der Waals surface area contributed by atoms with Crippen LogP contribution in [0, 0.1) is 17.8 Å². The molecule has 0 radical (unpaired) electrons. The zero-order valence-electron chi connectivity index (χ0n) is 26.8. The van der Waals surface area contributed by atoms with Crippen molar-refractivity contribution in [2.75, 3.05) is 31.2 Å². The van der Waals surface area contributed by atoms with Gasteiger partial charge in [0.05, 0.1) is 37.2 Å². The number of carbonyl (C=O) groups is 3. The lowest BCUT2D eigenvalue weighted by Gasteiger charge is -2.43. The molecule has 4 fully saturated rings. The number of aliphatic hydroxyl groups is 1. The van der Waals surface area contributed by atoms with Crippen LogP contribution in [0.2, 0.25) is 0 Å². The topological polar surface area (TPSA) is 99.6 Å². The molecule has 10 heteroatoms. The number of carbonyl (C=O) groups excluding carboxylic acids is 3. The smallest absolute Gasteiger partial charge is 0.248 e. The highest BCUT2D eigenvalue weighted by atomic mass is 79.9. The number of halogens is 1. The molecule has 246 valence electrons. The molecule has 3 saturated heterocycles. The lowest BCUT2D eigenvalue weighted by atomic mass is 9.70. The van der Waals surface area contributed by atoms with Crippen molar-refractivity contribution in [3.8, 4) is 5.75 Å². The summed E-state index contributed by atoms with van der Waals surface area (Å²) in [5.74, 6) is -1.84. The number of hydrogen-bond donors (Lipinski definition) is 1. The van der Waals surface area contributed by atoms with E-state index >= 15 is 0 Å². The van der Waals surface area contributed by atoms with Gasteiger partial charge in [-0.15, -0.1) is 13.2 Å². The van der Waals surface area contributed by atoms with Gasteiger partial charge in [-0.25, -0.2) is 0 Å². The second kappa shape index (κ2) is 14.0. The van der Waals surface area contributed by atoms with Crippen molar-refractivity contribution in [1.82, 2.24) is 9.80 Å². The Morgan fingerprint density at radius 3 is 2.38 bits per heavy atom. The monoisotopic (exact) mass is 685 g/mol. The third-order valence-corrected chi connectivity index (χ3v) is 11.1. The molecule has 1 spiro atoms. The quantitative estimate of drug-likeness (QED) is 0.239. The van der Waals surface area contributed by atoms with Crippen molar-refractivity contribution in [2.24, 2.45) is 17.8 Å². The number of anilines is 1. The summed E-state index contributed by atoms with van der Waals surface area (Å²) < 4.78 is 12.4. The summed E-state index contributed by atoms with van der Waals surface area (Å²) in [7, 11) is 0. The Bertz CT molecular complexity index is 1270. The predicted molar refractivity (Wildman–Crippen MR) is 177 cm³/mol. The van der Waals surface area contributed by atoms with Gasteiger partial charge in [0.15, 0.2) is 0 Å². The minimum atomic E-state index is -1.21. The SMILES string of the molecule is C=CCN(C(=O)[C@H]1[C@H]2C(=O)N([C@@H](CO)C(C)C)C(C(=O)N(CC=C)C3CCCCC3)C23CC(Br)[C@@H]1O3)c1ccc(OCC)cc1. The second-order valence-electron chi connectivity index (χ2n) is 13.1. The van der Waals surface area contributed by atoms with E-state index in [0.717, 1.165) is 32.1 Å². The first-order valence-corrected chi connectivity index (χ1v) is 17.4. The molecule has 45 heavy (non-hydrogen) atoms. The van der Waals surface area contributed by atoms with Gasteiger partial charge in [0, 0.05) is 29.6 Å². The van der Waals surface area contributed by atoms with Crippen LogP contribution in [0.25, 0.3) is 0 Å². The maximum absolute atomic E-state index is 14.9. The van der Waals surface area contributed by atoms with Gasteiger partial charge in [0.1, 0.15) is 17.4 Å². The lowest BCUT2D eigenvalue weighted by molar-refractivity contribution is -0.154. The molecule has 1 N–H and O–H groups in total. The van der Waals surface area contributed by atoms with Crippen molar-refractivity contribution in [3.05, 3.63) is 49.6 Å². The van der Waals surface area contributed by atoms with Gasteiger partial charge >= 0.3 is 0 Å². The van der Waals surface area contributed by atoms with Crippen LogP contribution in [0.4, 0.5) is 5.69 Å². The average molecular weight is 687 g/mol. The van der Waals surface area contributed by atoms with Crippen LogP contribution in [-0.4, -0.2) is 93.6 Å². The van der Waals surface area contributed by atoms with Crippen molar-refractivity contribution < 1.29 is 29.0 Å². The number of alkyl halides is 1. The highest BCUT2D eigenvalue weighted by molar-refractivity contribution is 9.09. The first kappa shape index (κ1) is 33.7. The minimum absolute atomic E-state index is 0.0434. The second-order valence-corrected chi connectivity index (χ2v) is 14.3. The highest BCUT2D eigenvalue weighted by Crippen LogP contribution is 2.61. The first-order valence-electron chi connectivity index (χ1n) is 16.5. The summed E-state index contributed by atoms with van der Waals surface area (Å²) >= 11 is 3.80. The highest BCUT2D eigenvalue weighted by Gasteiger charge is 2.77. The van der Waals surface area contributed by atoms with Gasteiger partial charge in [0.2, 0.25) is 17.7 Å². The molecule has 4 aliphatic rings. The fraction of sp³-hybridized carbons (Fsp3) is 0.629. The van der Waals surface area contributed by atoms with Crippen molar-refractivity contribution in [1.29, 1.82) is 0 Å². The van der Waals surface area contributed by atoms with Gasteiger partial charge in [-0.2, -0.15) is 0 Å². The summed E-state index contributed by atoms with van der Waals surface area (Å²) in [4.78, 5) is 49.1. The Labute approximate surface area is 275 Å². The standard InChI is InChI=1S/C35H48BrN3O6/c1-6-18-37(24-14-16-25(17-15-24)44-8-3)32(41)28-29-33(42)39(27(21-40)22(4)5)31(35(29)20-26(36)30(28)45-35)34(43)38(19-7-2)23-12-10-9-11-13-23/h6-7,14-17,22-23,26-31,40H,1-2,8-13,18-21H2,3-5H3/t26?,27-,28-,29-,30-,31?,35?/m0/s1. The van der Waals surface area contributed by atoms with E-state index in [2.05, 4.69) is 29.1 Å². The largest absolute Gasteiger partial charge is 0.494 e. The number of nitrogens with zero attached hydrogens (tertiary/aromatic N) is 3. The van der Waals surface area contributed by atoms with E-state index in [-0.39, 0.29) is 47.7 Å². The van der Waals surface area contributed by atoms with Crippen LogP contribution in [0.1, 0.15) is 59.3 Å². The zero-order chi connectivity index (χ0) is 32.5. The van der Waals surface area contributed by atoms with Crippen molar-refractivity contribution in [2.45, 2.75) is 94.0 Å². The fourth-order valence-corrected chi connectivity index (χ4v) is 9.18. The van der Waals surface area contributed by atoms with E-state index in [1.807, 2.05) is 49.9 Å². The van der Waals surface area contributed by atoms with Crippen LogP contribution >= 0.6 is 15.9 Å². The van der Waals surface area contributed by atoms with E-state index in [1.54, 1.807) is 22.0 Å². The number of likely N-dealkylation sites (tertiary alicyclic amines) is 1. The van der Waals surface area contributed by atoms with Gasteiger partial charge < -0.3 is 29.3 Å². The zero-order valence-corrected chi connectivity index (χ0v) is 28.4. The molecule has 3 unspecified atom stereocenters. The molecule has 1 aromatic rings. The van der Waals surface area contributed by atoms with Gasteiger partial charge in [-0.3, -0.25) is 14.4 Å².